The van der Waals surface area contributed by atoms with Crippen molar-refractivity contribution < 1.29 is 9.53 Å². The SMILES string of the molecule is O=C(CCc1ccccc1)NCCC1CN(c2ccccc2)CCO1. The monoisotopic (exact) mass is 338 g/mol. The van der Waals surface area contributed by atoms with Gasteiger partial charge in [-0.3, -0.25) is 4.79 Å². The van der Waals surface area contributed by atoms with Crippen LogP contribution in [0.3, 0.4) is 0 Å². The molecule has 0 spiro atoms. The van der Waals surface area contributed by atoms with E-state index in [-0.39, 0.29) is 12.0 Å². The van der Waals surface area contributed by atoms with E-state index in [2.05, 4.69) is 46.6 Å². The number of benzene rings is 2. The zero-order valence-electron chi connectivity index (χ0n) is 14.6. The number of morpholine rings is 1. The lowest BCUT2D eigenvalue weighted by Crippen LogP contribution is -2.43. The summed E-state index contributed by atoms with van der Waals surface area (Å²) in [5, 5.41) is 3.02. The van der Waals surface area contributed by atoms with Gasteiger partial charge in [0.25, 0.3) is 0 Å². The molecule has 1 saturated heterocycles. The molecule has 4 heteroatoms. The standard InChI is InChI=1S/C21H26N2O2/c24-21(12-11-18-7-3-1-4-8-18)22-14-13-20-17-23(15-16-25-20)19-9-5-2-6-10-19/h1-10,20H,11-17H2,(H,22,24). The van der Waals surface area contributed by atoms with Gasteiger partial charge in [-0.2, -0.15) is 0 Å². The van der Waals surface area contributed by atoms with Crippen LogP contribution in [0.2, 0.25) is 0 Å². The number of carbonyl (C=O) groups excluding carboxylic acids is 1. The Kier molecular flexibility index (Phi) is 6.46. The highest BCUT2D eigenvalue weighted by atomic mass is 16.5. The first kappa shape index (κ1) is 17.5. The first-order chi connectivity index (χ1) is 12.3. The van der Waals surface area contributed by atoms with Crippen molar-refractivity contribution in [2.24, 2.45) is 0 Å². The fourth-order valence-electron chi connectivity index (χ4n) is 3.13. The van der Waals surface area contributed by atoms with Crippen LogP contribution in [-0.2, 0) is 16.0 Å². The van der Waals surface area contributed by atoms with Crippen molar-refractivity contribution in [3.8, 4) is 0 Å². The van der Waals surface area contributed by atoms with Crippen LogP contribution in [0, 0.1) is 0 Å². The number of hydrogen-bond acceptors (Lipinski definition) is 3. The second-order valence-corrected chi connectivity index (χ2v) is 6.40. The van der Waals surface area contributed by atoms with E-state index in [1.165, 1.54) is 11.3 Å². The summed E-state index contributed by atoms with van der Waals surface area (Å²) < 4.78 is 5.85. The highest BCUT2D eigenvalue weighted by Gasteiger charge is 2.20. The topological polar surface area (TPSA) is 41.6 Å². The summed E-state index contributed by atoms with van der Waals surface area (Å²) in [4.78, 5) is 14.3. The van der Waals surface area contributed by atoms with Crippen molar-refractivity contribution >= 4 is 11.6 Å². The third-order valence-corrected chi connectivity index (χ3v) is 4.53. The van der Waals surface area contributed by atoms with Crippen LogP contribution in [0.25, 0.3) is 0 Å². The molecule has 1 aliphatic rings. The quantitative estimate of drug-likeness (QED) is 0.844. The zero-order chi connectivity index (χ0) is 17.3. The molecule has 1 N–H and O–H groups in total. The third-order valence-electron chi connectivity index (χ3n) is 4.53. The van der Waals surface area contributed by atoms with Gasteiger partial charge in [0.1, 0.15) is 0 Å². The number of amides is 1. The van der Waals surface area contributed by atoms with Gasteiger partial charge < -0.3 is 15.0 Å². The molecule has 0 bridgehead atoms. The fraction of sp³-hybridized carbons (Fsp3) is 0.381. The van der Waals surface area contributed by atoms with E-state index in [1.54, 1.807) is 0 Å². The maximum atomic E-state index is 12.0. The number of carbonyl (C=O) groups is 1. The lowest BCUT2D eigenvalue weighted by molar-refractivity contribution is -0.121. The second-order valence-electron chi connectivity index (χ2n) is 6.40. The summed E-state index contributed by atoms with van der Waals surface area (Å²) in [5.74, 6) is 0.111. The predicted molar refractivity (Wildman–Crippen MR) is 101 cm³/mol. The Morgan fingerprint density at radius 1 is 1.08 bits per heavy atom. The summed E-state index contributed by atoms with van der Waals surface area (Å²) in [5.41, 5.74) is 2.44. The average molecular weight is 338 g/mol. The molecule has 1 atom stereocenters. The Hall–Kier alpha value is -2.33. The Bertz CT molecular complexity index is 645. The van der Waals surface area contributed by atoms with Crippen LogP contribution < -0.4 is 10.2 Å². The fourth-order valence-corrected chi connectivity index (χ4v) is 3.13. The smallest absolute Gasteiger partial charge is 0.220 e. The molecule has 0 saturated carbocycles. The first-order valence-electron chi connectivity index (χ1n) is 9.03. The van der Waals surface area contributed by atoms with E-state index in [0.717, 1.165) is 32.5 Å². The molecule has 1 fully saturated rings. The van der Waals surface area contributed by atoms with Crippen molar-refractivity contribution in [3.63, 3.8) is 0 Å². The van der Waals surface area contributed by atoms with Crippen molar-refractivity contribution in [3.05, 3.63) is 66.2 Å². The number of nitrogens with zero attached hydrogens (tertiary/aromatic N) is 1. The number of aryl methyl sites for hydroxylation is 1. The number of ether oxygens (including phenoxy) is 1. The molecule has 0 radical (unpaired) electrons. The minimum atomic E-state index is 0.111. The molecule has 4 nitrogen and oxygen atoms in total. The van der Waals surface area contributed by atoms with Crippen LogP contribution in [0.4, 0.5) is 5.69 Å². The zero-order valence-corrected chi connectivity index (χ0v) is 14.6. The van der Waals surface area contributed by atoms with Crippen LogP contribution in [0.1, 0.15) is 18.4 Å². The lowest BCUT2D eigenvalue weighted by Gasteiger charge is -2.34. The number of para-hydroxylation sites is 1. The number of rotatable bonds is 7. The normalized spacial score (nSPS) is 17.3. The van der Waals surface area contributed by atoms with Crippen molar-refractivity contribution in [2.75, 3.05) is 31.1 Å². The molecule has 1 amide bonds. The summed E-state index contributed by atoms with van der Waals surface area (Å²) in [6.45, 7) is 3.20. The van der Waals surface area contributed by atoms with Crippen LogP contribution in [0.5, 0.6) is 0 Å². The average Bonchev–Trinajstić information content (AvgIpc) is 2.68. The van der Waals surface area contributed by atoms with E-state index in [9.17, 15) is 4.79 Å². The largest absolute Gasteiger partial charge is 0.374 e. The summed E-state index contributed by atoms with van der Waals surface area (Å²) in [7, 11) is 0. The molecule has 3 rings (SSSR count). The van der Waals surface area contributed by atoms with E-state index in [1.807, 2.05) is 24.3 Å². The maximum absolute atomic E-state index is 12.0. The van der Waals surface area contributed by atoms with E-state index in [0.29, 0.717) is 13.0 Å². The Balaban J connectivity index is 1.36. The Morgan fingerprint density at radius 2 is 1.80 bits per heavy atom. The highest BCUT2D eigenvalue weighted by molar-refractivity contribution is 5.76. The van der Waals surface area contributed by atoms with Crippen LogP contribution >= 0.6 is 0 Å². The van der Waals surface area contributed by atoms with Crippen molar-refractivity contribution in [1.29, 1.82) is 0 Å². The van der Waals surface area contributed by atoms with Gasteiger partial charge in [0.15, 0.2) is 0 Å². The van der Waals surface area contributed by atoms with Crippen molar-refractivity contribution in [1.82, 2.24) is 5.32 Å². The molecular weight excluding hydrogens is 312 g/mol. The van der Waals surface area contributed by atoms with Gasteiger partial charge in [-0.05, 0) is 30.5 Å². The molecule has 2 aromatic carbocycles. The molecule has 0 aliphatic carbocycles. The molecule has 1 heterocycles. The maximum Gasteiger partial charge on any atom is 0.220 e. The van der Waals surface area contributed by atoms with E-state index in [4.69, 9.17) is 4.74 Å². The van der Waals surface area contributed by atoms with E-state index < -0.39 is 0 Å². The Morgan fingerprint density at radius 3 is 2.56 bits per heavy atom. The van der Waals surface area contributed by atoms with E-state index >= 15 is 0 Å². The van der Waals surface area contributed by atoms with Gasteiger partial charge in [0, 0.05) is 31.7 Å². The van der Waals surface area contributed by atoms with Crippen LogP contribution in [-0.4, -0.2) is 38.3 Å². The molecular formula is C21H26N2O2. The molecule has 132 valence electrons. The number of hydrogen-bond donors (Lipinski definition) is 1. The predicted octanol–water partition coefficient (Wildman–Crippen LogP) is 3.03. The second kappa shape index (κ2) is 9.23. The minimum Gasteiger partial charge on any atom is -0.374 e. The molecule has 25 heavy (non-hydrogen) atoms. The van der Waals surface area contributed by atoms with Crippen molar-refractivity contribution in [2.45, 2.75) is 25.4 Å². The molecule has 2 aromatic rings. The van der Waals surface area contributed by atoms with Gasteiger partial charge in [-0.1, -0.05) is 48.5 Å². The van der Waals surface area contributed by atoms with Gasteiger partial charge in [-0.15, -0.1) is 0 Å². The van der Waals surface area contributed by atoms with Gasteiger partial charge in [0.05, 0.1) is 12.7 Å². The summed E-state index contributed by atoms with van der Waals surface area (Å²) >= 11 is 0. The van der Waals surface area contributed by atoms with Gasteiger partial charge in [0.2, 0.25) is 5.91 Å². The molecule has 1 aliphatic heterocycles. The summed E-state index contributed by atoms with van der Waals surface area (Å²) in [6, 6.07) is 20.5. The summed E-state index contributed by atoms with van der Waals surface area (Å²) in [6.07, 6.45) is 2.34. The first-order valence-corrected chi connectivity index (χ1v) is 9.03. The number of nitrogens with one attached hydrogen (secondary N) is 1. The van der Waals surface area contributed by atoms with Crippen LogP contribution in [0.15, 0.2) is 60.7 Å². The Labute approximate surface area is 149 Å². The van der Waals surface area contributed by atoms with Gasteiger partial charge >= 0.3 is 0 Å². The molecule has 0 aromatic heterocycles. The van der Waals surface area contributed by atoms with Gasteiger partial charge in [-0.25, -0.2) is 0 Å². The third kappa shape index (κ3) is 5.61. The molecule has 1 unspecified atom stereocenters. The number of anilines is 1. The minimum absolute atomic E-state index is 0.111. The highest BCUT2D eigenvalue weighted by Crippen LogP contribution is 2.18. The lowest BCUT2D eigenvalue weighted by atomic mass is 10.1.